The van der Waals surface area contributed by atoms with Crippen molar-refractivity contribution in [3.63, 3.8) is 0 Å². The first kappa shape index (κ1) is 13.7. The Labute approximate surface area is 116 Å². The van der Waals surface area contributed by atoms with Crippen LogP contribution in [0.5, 0.6) is 0 Å². The first-order valence-corrected chi connectivity index (χ1v) is 6.26. The quantitative estimate of drug-likeness (QED) is 0.890. The molecule has 2 amide bonds. The molecule has 0 bridgehead atoms. The fourth-order valence-corrected chi connectivity index (χ4v) is 1.70. The molecule has 0 spiro atoms. The molecule has 0 aliphatic heterocycles. The van der Waals surface area contributed by atoms with Gasteiger partial charge < -0.3 is 11.1 Å². The molecule has 2 rings (SSSR count). The zero-order valence-electron chi connectivity index (χ0n) is 11.1. The molecular weight excluding hydrogens is 254 g/mol. The molecular formula is C15H15N3O2. The summed E-state index contributed by atoms with van der Waals surface area (Å²) < 4.78 is 0. The third kappa shape index (κ3) is 3.20. The Morgan fingerprint density at radius 2 is 1.85 bits per heavy atom. The van der Waals surface area contributed by atoms with Gasteiger partial charge in [-0.25, -0.2) is 0 Å². The van der Waals surface area contributed by atoms with Crippen molar-refractivity contribution >= 4 is 17.5 Å². The van der Waals surface area contributed by atoms with E-state index in [9.17, 15) is 9.59 Å². The highest BCUT2D eigenvalue weighted by atomic mass is 16.2. The number of benzene rings is 1. The number of carbonyl (C=O) groups excluding carboxylic acids is 2. The zero-order valence-corrected chi connectivity index (χ0v) is 11.1. The molecule has 1 heterocycles. The van der Waals surface area contributed by atoms with Gasteiger partial charge in [0.25, 0.3) is 11.8 Å². The summed E-state index contributed by atoms with van der Waals surface area (Å²) in [6, 6.07) is 10.6. The molecule has 0 saturated carbocycles. The Morgan fingerprint density at radius 3 is 2.35 bits per heavy atom. The van der Waals surface area contributed by atoms with Crippen molar-refractivity contribution in [3.05, 3.63) is 59.4 Å². The van der Waals surface area contributed by atoms with E-state index >= 15 is 0 Å². The van der Waals surface area contributed by atoms with Crippen LogP contribution in [0, 0.1) is 0 Å². The van der Waals surface area contributed by atoms with Gasteiger partial charge in [-0.15, -0.1) is 0 Å². The number of hydrogen-bond donors (Lipinski definition) is 2. The van der Waals surface area contributed by atoms with Crippen molar-refractivity contribution in [2.24, 2.45) is 5.73 Å². The predicted molar refractivity (Wildman–Crippen MR) is 76.5 cm³/mol. The molecule has 1 aromatic heterocycles. The van der Waals surface area contributed by atoms with Gasteiger partial charge in [-0.3, -0.25) is 14.6 Å². The lowest BCUT2D eigenvalue weighted by Gasteiger charge is -2.06. The van der Waals surface area contributed by atoms with Crippen molar-refractivity contribution in [2.75, 3.05) is 5.32 Å². The number of nitrogens with two attached hydrogens (primary N) is 1. The van der Waals surface area contributed by atoms with E-state index in [2.05, 4.69) is 17.2 Å². The minimum absolute atomic E-state index is 0.133. The van der Waals surface area contributed by atoms with Crippen molar-refractivity contribution in [3.8, 4) is 0 Å². The summed E-state index contributed by atoms with van der Waals surface area (Å²) in [7, 11) is 0. The average Bonchev–Trinajstić information content (AvgIpc) is 2.48. The second kappa shape index (κ2) is 5.97. The first-order chi connectivity index (χ1) is 9.60. The molecule has 0 radical (unpaired) electrons. The molecule has 102 valence electrons. The lowest BCUT2D eigenvalue weighted by Crippen LogP contribution is -2.15. The third-order valence-corrected chi connectivity index (χ3v) is 2.90. The van der Waals surface area contributed by atoms with E-state index in [0.717, 1.165) is 6.42 Å². The summed E-state index contributed by atoms with van der Waals surface area (Å²) in [5, 5.41) is 2.76. The fraction of sp³-hybridized carbons (Fsp3) is 0.133. The smallest absolute Gasteiger partial charge is 0.267 e. The summed E-state index contributed by atoms with van der Waals surface area (Å²) in [5.41, 5.74) is 7.51. The van der Waals surface area contributed by atoms with Crippen LogP contribution in [-0.4, -0.2) is 16.8 Å². The summed E-state index contributed by atoms with van der Waals surface area (Å²) in [5.74, 6) is -0.898. The largest absolute Gasteiger partial charge is 0.364 e. The number of carbonyl (C=O) groups is 2. The van der Waals surface area contributed by atoms with E-state index in [4.69, 9.17) is 5.73 Å². The highest BCUT2D eigenvalue weighted by molar-refractivity contribution is 6.04. The highest BCUT2D eigenvalue weighted by Crippen LogP contribution is 2.11. The molecule has 0 saturated heterocycles. The van der Waals surface area contributed by atoms with E-state index in [1.165, 1.54) is 23.9 Å². The summed E-state index contributed by atoms with van der Waals surface area (Å²) >= 11 is 0. The van der Waals surface area contributed by atoms with Gasteiger partial charge in [0.15, 0.2) is 0 Å². The second-order valence-electron chi connectivity index (χ2n) is 4.30. The van der Waals surface area contributed by atoms with Crippen LogP contribution in [0.4, 0.5) is 5.69 Å². The minimum atomic E-state index is -0.618. The minimum Gasteiger partial charge on any atom is -0.364 e. The van der Waals surface area contributed by atoms with Crippen LogP contribution in [0.1, 0.15) is 33.3 Å². The highest BCUT2D eigenvalue weighted by Gasteiger charge is 2.08. The number of hydrogen-bond acceptors (Lipinski definition) is 3. The lowest BCUT2D eigenvalue weighted by molar-refractivity contribution is 0.0990. The number of aryl methyl sites for hydroxylation is 1. The topological polar surface area (TPSA) is 85.1 Å². The van der Waals surface area contributed by atoms with Crippen LogP contribution in [-0.2, 0) is 6.42 Å². The maximum atomic E-state index is 12.0. The molecule has 0 atom stereocenters. The van der Waals surface area contributed by atoms with Gasteiger partial charge in [-0.2, -0.15) is 0 Å². The monoisotopic (exact) mass is 269 g/mol. The Bertz CT molecular complexity index is 619. The number of aromatic nitrogens is 1. The fourth-order valence-electron chi connectivity index (χ4n) is 1.70. The number of primary amides is 1. The molecule has 5 heteroatoms. The molecule has 3 N–H and O–H groups in total. The van der Waals surface area contributed by atoms with Gasteiger partial charge in [0.05, 0.1) is 5.56 Å². The van der Waals surface area contributed by atoms with Crippen LogP contribution in [0.15, 0.2) is 42.6 Å². The van der Waals surface area contributed by atoms with Gasteiger partial charge in [-0.1, -0.05) is 19.1 Å². The number of anilines is 1. The molecule has 0 fully saturated rings. The van der Waals surface area contributed by atoms with Crippen LogP contribution in [0.3, 0.4) is 0 Å². The molecule has 2 aromatic rings. The average molecular weight is 269 g/mol. The van der Waals surface area contributed by atoms with Crippen LogP contribution in [0.25, 0.3) is 0 Å². The van der Waals surface area contributed by atoms with E-state index in [1.807, 2.05) is 24.3 Å². The van der Waals surface area contributed by atoms with Gasteiger partial charge in [0.1, 0.15) is 5.69 Å². The van der Waals surface area contributed by atoms with E-state index < -0.39 is 5.91 Å². The van der Waals surface area contributed by atoms with Gasteiger partial charge in [-0.05, 0) is 36.2 Å². The molecule has 20 heavy (non-hydrogen) atoms. The van der Waals surface area contributed by atoms with E-state index in [0.29, 0.717) is 11.3 Å². The van der Waals surface area contributed by atoms with Crippen molar-refractivity contribution in [2.45, 2.75) is 13.3 Å². The van der Waals surface area contributed by atoms with Crippen molar-refractivity contribution < 1.29 is 9.59 Å². The standard InChI is InChI=1S/C15H15N3O2/c1-2-10-3-6-12(7-4-10)18-15(20)11-5-8-13(14(16)19)17-9-11/h3-9H,2H2,1H3,(H2,16,19)(H,18,20). The van der Waals surface area contributed by atoms with E-state index in [-0.39, 0.29) is 11.6 Å². The third-order valence-electron chi connectivity index (χ3n) is 2.90. The Hall–Kier alpha value is -2.69. The summed E-state index contributed by atoms with van der Waals surface area (Å²) in [6.45, 7) is 2.07. The summed E-state index contributed by atoms with van der Waals surface area (Å²) in [6.07, 6.45) is 2.28. The second-order valence-corrected chi connectivity index (χ2v) is 4.30. The first-order valence-electron chi connectivity index (χ1n) is 6.26. The maximum Gasteiger partial charge on any atom is 0.267 e. The normalized spacial score (nSPS) is 10.1. The Morgan fingerprint density at radius 1 is 1.15 bits per heavy atom. The number of amides is 2. The molecule has 0 unspecified atom stereocenters. The maximum absolute atomic E-state index is 12.0. The van der Waals surface area contributed by atoms with Crippen LogP contribution in [0.2, 0.25) is 0 Å². The molecule has 5 nitrogen and oxygen atoms in total. The lowest BCUT2D eigenvalue weighted by atomic mass is 10.1. The SMILES string of the molecule is CCc1ccc(NC(=O)c2ccc(C(N)=O)nc2)cc1. The van der Waals surface area contributed by atoms with Gasteiger partial charge in [0.2, 0.25) is 0 Å². The van der Waals surface area contributed by atoms with Gasteiger partial charge in [0, 0.05) is 11.9 Å². The number of nitrogens with zero attached hydrogens (tertiary/aromatic N) is 1. The molecule has 1 aromatic carbocycles. The van der Waals surface area contributed by atoms with E-state index in [1.54, 1.807) is 0 Å². The Kier molecular flexibility index (Phi) is 4.10. The predicted octanol–water partition coefficient (Wildman–Crippen LogP) is 2.00. The van der Waals surface area contributed by atoms with Gasteiger partial charge >= 0.3 is 0 Å². The molecule has 0 aliphatic rings. The number of rotatable bonds is 4. The van der Waals surface area contributed by atoms with Crippen molar-refractivity contribution in [1.29, 1.82) is 0 Å². The number of nitrogens with one attached hydrogen (secondary N) is 1. The van der Waals surface area contributed by atoms with Crippen LogP contribution < -0.4 is 11.1 Å². The zero-order chi connectivity index (χ0) is 14.5. The number of pyridine rings is 1. The molecule has 0 aliphatic carbocycles. The Balaban J connectivity index is 2.08. The van der Waals surface area contributed by atoms with Crippen LogP contribution >= 0.6 is 0 Å². The van der Waals surface area contributed by atoms with Crippen molar-refractivity contribution in [1.82, 2.24) is 4.98 Å². The summed E-state index contributed by atoms with van der Waals surface area (Å²) in [4.78, 5) is 26.7.